The van der Waals surface area contributed by atoms with Crippen molar-refractivity contribution in [2.24, 2.45) is 5.41 Å². The second-order valence-electron chi connectivity index (χ2n) is 9.19. The Morgan fingerprint density at radius 1 is 1.14 bits per heavy atom. The lowest BCUT2D eigenvalue weighted by Crippen LogP contribution is -2.42. The predicted molar refractivity (Wildman–Crippen MR) is 140 cm³/mol. The van der Waals surface area contributed by atoms with Gasteiger partial charge in [0, 0.05) is 23.8 Å². The van der Waals surface area contributed by atoms with Gasteiger partial charge in [-0.05, 0) is 92.6 Å². The molecule has 0 amide bonds. The first-order valence-corrected chi connectivity index (χ1v) is 12.6. The van der Waals surface area contributed by atoms with Crippen molar-refractivity contribution in [3.05, 3.63) is 69.6 Å². The van der Waals surface area contributed by atoms with Gasteiger partial charge in [-0.25, -0.2) is 4.39 Å². The maximum Gasteiger partial charge on any atom is 0.141 e. The Morgan fingerprint density at radius 2 is 1.94 bits per heavy atom. The average Bonchev–Trinajstić information content (AvgIpc) is 2.88. The Morgan fingerprint density at radius 3 is 2.66 bits per heavy atom. The molecule has 1 fully saturated rings. The predicted octanol–water partition coefficient (Wildman–Crippen LogP) is 6.14. The van der Waals surface area contributed by atoms with Gasteiger partial charge in [-0.3, -0.25) is 9.88 Å². The third kappa shape index (κ3) is 6.26. The number of aromatic nitrogens is 1. The molecule has 0 atom stereocenters. The zero-order valence-corrected chi connectivity index (χ0v) is 21.3. The zero-order valence-electron chi connectivity index (χ0n) is 19.8. The Labute approximate surface area is 216 Å². The summed E-state index contributed by atoms with van der Waals surface area (Å²) in [7, 11) is 1.65. The monoisotopic (exact) mass is 514 g/mol. The van der Waals surface area contributed by atoms with Crippen molar-refractivity contribution in [1.29, 1.82) is 0 Å². The number of benzene rings is 2. The van der Waals surface area contributed by atoms with Crippen LogP contribution in [0.5, 0.6) is 5.75 Å². The molecule has 0 unspecified atom stereocenters. The van der Waals surface area contributed by atoms with Crippen LogP contribution in [0.2, 0.25) is 10.0 Å². The summed E-state index contributed by atoms with van der Waals surface area (Å²) >= 11 is 12.3. The van der Waals surface area contributed by atoms with E-state index in [2.05, 4.69) is 21.7 Å². The van der Waals surface area contributed by atoms with E-state index in [1.165, 1.54) is 6.07 Å². The van der Waals surface area contributed by atoms with E-state index in [9.17, 15) is 9.50 Å². The molecule has 0 saturated carbocycles. The highest BCUT2D eigenvalue weighted by atomic mass is 35.5. The van der Waals surface area contributed by atoms with E-state index < -0.39 is 5.82 Å². The lowest BCUT2D eigenvalue weighted by Gasteiger charge is -2.40. The second kappa shape index (κ2) is 11.6. The van der Waals surface area contributed by atoms with Gasteiger partial charge in [0.15, 0.2) is 0 Å². The van der Waals surface area contributed by atoms with Gasteiger partial charge in [-0.15, -0.1) is 0 Å². The van der Waals surface area contributed by atoms with Gasteiger partial charge in [-0.1, -0.05) is 35.0 Å². The Kier molecular flexibility index (Phi) is 8.51. The molecule has 2 aromatic carbocycles. The van der Waals surface area contributed by atoms with E-state index in [0.717, 1.165) is 67.4 Å². The first-order chi connectivity index (χ1) is 16.9. The maximum atomic E-state index is 13.3. The number of fused-ring (bicyclic) bond motifs is 1. The van der Waals surface area contributed by atoms with Gasteiger partial charge < -0.3 is 9.84 Å². The topological polar surface area (TPSA) is 45.6 Å². The average molecular weight is 515 g/mol. The summed E-state index contributed by atoms with van der Waals surface area (Å²) in [5.74, 6) is 6.57. The molecule has 0 aliphatic carbocycles. The molecule has 35 heavy (non-hydrogen) atoms. The molecule has 4 nitrogen and oxygen atoms in total. The van der Waals surface area contributed by atoms with Crippen LogP contribution in [0.25, 0.3) is 10.9 Å². The van der Waals surface area contributed by atoms with Crippen LogP contribution >= 0.6 is 23.2 Å². The molecule has 4 rings (SSSR count). The van der Waals surface area contributed by atoms with Crippen molar-refractivity contribution in [2.75, 3.05) is 33.4 Å². The third-order valence-electron chi connectivity index (χ3n) is 6.98. The number of halogens is 3. The molecule has 0 bridgehead atoms. The van der Waals surface area contributed by atoms with Gasteiger partial charge in [0.1, 0.15) is 11.6 Å². The highest BCUT2D eigenvalue weighted by molar-refractivity contribution is 6.32. The molecule has 2 heterocycles. The number of aliphatic hydroxyl groups excluding tert-OH is 1. The smallest absolute Gasteiger partial charge is 0.141 e. The van der Waals surface area contributed by atoms with E-state index in [0.29, 0.717) is 17.1 Å². The minimum Gasteiger partial charge on any atom is -0.497 e. The van der Waals surface area contributed by atoms with Crippen LogP contribution in [0.1, 0.15) is 36.8 Å². The van der Waals surface area contributed by atoms with Crippen LogP contribution in [0.4, 0.5) is 4.39 Å². The highest BCUT2D eigenvalue weighted by Crippen LogP contribution is 2.37. The van der Waals surface area contributed by atoms with Crippen molar-refractivity contribution in [3.8, 4) is 17.6 Å². The number of aryl methyl sites for hydroxylation is 1. The van der Waals surface area contributed by atoms with Crippen LogP contribution in [-0.2, 0) is 6.42 Å². The molecule has 1 aliphatic heterocycles. The molecule has 3 aromatic rings. The summed E-state index contributed by atoms with van der Waals surface area (Å²) in [6.07, 6.45) is 6.25. The number of ether oxygens (including phenoxy) is 1. The van der Waals surface area contributed by atoms with E-state index in [-0.39, 0.29) is 17.0 Å². The first-order valence-electron chi connectivity index (χ1n) is 11.8. The Hall–Kier alpha value is -2.36. The summed E-state index contributed by atoms with van der Waals surface area (Å²) in [5.41, 5.74) is 2.61. The number of hydrogen-bond donors (Lipinski definition) is 1. The fraction of sp³-hybridized carbons (Fsp3) is 0.393. The number of nitrogens with zero attached hydrogens (tertiary/aromatic N) is 2. The van der Waals surface area contributed by atoms with Gasteiger partial charge in [0.25, 0.3) is 0 Å². The van der Waals surface area contributed by atoms with Crippen molar-refractivity contribution < 1.29 is 14.2 Å². The molecule has 0 spiro atoms. The number of pyridine rings is 1. The van der Waals surface area contributed by atoms with E-state index in [4.69, 9.17) is 27.9 Å². The summed E-state index contributed by atoms with van der Waals surface area (Å²) in [6.45, 7) is 2.58. The number of piperidine rings is 1. The molecule has 184 valence electrons. The van der Waals surface area contributed by atoms with E-state index in [1.54, 1.807) is 25.4 Å². The lowest BCUT2D eigenvalue weighted by molar-refractivity contribution is 0.0401. The third-order valence-corrected chi connectivity index (χ3v) is 7.59. The molecular weight excluding hydrogens is 486 g/mol. The van der Waals surface area contributed by atoms with Crippen molar-refractivity contribution in [3.63, 3.8) is 0 Å². The number of hydrogen-bond acceptors (Lipinski definition) is 4. The number of rotatable bonds is 7. The van der Waals surface area contributed by atoms with Crippen LogP contribution in [0.15, 0.2) is 42.6 Å². The molecule has 1 aromatic heterocycles. The molecule has 1 saturated heterocycles. The normalized spacial score (nSPS) is 15.6. The standard InChI is InChI=1S/C28H29Cl2FN2O2/c1-35-21-7-9-27-23(17-21)22(25(30)18-32-27)5-2-10-28(19-34)11-14-33(15-12-28)13-3-4-20-6-8-26(31)24(29)16-20/h6-9,16-18,34H,2,5,10-15,19H2,1H3. The quantitative estimate of drug-likeness (QED) is 0.384. The van der Waals surface area contributed by atoms with Crippen molar-refractivity contribution in [1.82, 2.24) is 9.88 Å². The Balaban J connectivity index is 1.33. The van der Waals surface area contributed by atoms with Crippen LogP contribution in [0.3, 0.4) is 0 Å². The van der Waals surface area contributed by atoms with Gasteiger partial charge in [-0.2, -0.15) is 0 Å². The minimum atomic E-state index is -0.437. The minimum absolute atomic E-state index is 0.0819. The first kappa shape index (κ1) is 25.7. The zero-order chi connectivity index (χ0) is 24.8. The van der Waals surface area contributed by atoms with Gasteiger partial charge in [0.05, 0.1) is 29.2 Å². The number of aliphatic hydroxyl groups is 1. The van der Waals surface area contributed by atoms with Gasteiger partial charge >= 0.3 is 0 Å². The molecule has 1 aliphatic rings. The summed E-state index contributed by atoms with van der Waals surface area (Å²) in [4.78, 5) is 6.73. The molecular formula is C28H29Cl2FN2O2. The number of methoxy groups -OCH3 is 1. The fourth-order valence-electron chi connectivity index (χ4n) is 4.72. The molecule has 7 heteroatoms. The van der Waals surface area contributed by atoms with Crippen LogP contribution in [0, 0.1) is 23.1 Å². The highest BCUT2D eigenvalue weighted by Gasteiger charge is 2.33. The largest absolute Gasteiger partial charge is 0.497 e. The van der Waals surface area contributed by atoms with Crippen LogP contribution in [-0.4, -0.2) is 48.3 Å². The SMILES string of the molecule is COc1ccc2ncc(Cl)c(CCCC3(CO)CCN(CC#Cc4ccc(F)c(Cl)c4)CC3)c2c1. The van der Waals surface area contributed by atoms with Crippen LogP contribution < -0.4 is 4.74 Å². The molecule has 0 radical (unpaired) electrons. The van der Waals surface area contributed by atoms with Crippen molar-refractivity contribution in [2.45, 2.75) is 32.1 Å². The fourth-order valence-corrected chi connectivity index (χ4v) is 5.15. The van der Waals surface area contributed by atoms with Gasteiger partial charge in [0.2, 0.25) is 0 Å². The summed E-state index contributed by atoms with van der Waals surface area (Å²) in [5, 5.41) is 12.0. The second-order valence-corrected chi connectivity index (χ2v) is 10.0. The maximum absolute atomic E-state index is 13.3. The lowest BCUT2D eigenvalue weighted by atomic mass is 9.75. The number of likely N-dealkylation sites (tertiary alicyclic amines) is 1. The summed E-state index contributed by atoms with van der Waals surface area (Å²) < 4.78 is 18.7. The molecule has 1 N–H and O–H groups in total. The van der Waals surface area contributed by atoms with E-state index >= 15 is 0 Å². The Bertz CT molecular complexity index is 1250. The summed E-state index contributed by atoms with van der Waals surface area (Å²) in [6, 6.07) is 10.4. The van der Waals surface area contributed by atoms with E-state index in [1.807, 2.05) is 18.2 Å². The van der Waals surface area contributed by atoms with Crippen molar-refractivity contribution >= 4 is 34.1 Å².